The lowest BCUT2D eigenvalue weighted by Crippen LogP contribution is -2.43. The van der Waals surface area contributed by atoms with E-state index >= 15 is 0 Å². The van der Waals surface area contributed by atoms with Crippen LogP contribution in [0.25, 0.3) is 11.4 Å². The van der Waals surface area contributed by atoms with Crippen LogP contribution in [0.5, 0.6) is 5.75 Å². The Labute approximate surface area is 129 Å². The predicted molar refractivity (Wildman–Crippen MR) is 81.9 cm³/mol. The number of rotatable bonds is 5. The molecule has 1 saturated heterocycles. The van der Waals surface area contributed by atoms with E-state index in [4.69, 9.17) is 14.0 Å². The maximum absolute atomic E-state index is 5.59. The van der Waals surface area contributed by atoms with Gasteiger partial charge in [0.15, 0.2) is 0 Å². The minimum absolute atomic E-state index is 0.201. The molecule has 0 aliphatic carbocycles. The third-order valence-corrected chi connectivity index (χ3v) is 4.21. The van der Waals surface area contributed by atoms with Gasteiger partial charge in [-0.2, -0.15) is 4.98 Å². The summed E-state index contributed by atoms with van der Waals surface area (Å²) in [4.78, 5) is 4.64. The van der Waals surface area contributed by atoms with Gasteiger partial charge in [0, 0.05) is 7.11 Å². The van der Waals surface area contributed by atoms with Crippen LogP contribution >= 0.6 is 0 Å². The third-order valence-electron chi connectivity index (χ3n) is 4.21. The number of benzene rings is 1. The Kier molecular flexibility index (Phi) is 4.40. The van der Waals surface area contributed by atoms with E-state index in [2.05, 4.69) is 15.5 Å². The number of nitrogens with one attached hydrogen (secondary N) is 1. The zero-order chi connectivity index (χ0) is 15.4. The minimum atomic E-state index is -0.201. The molecule has 2 aromatic rings. The number of para-hydroxylation sites is 1. The van der Waals surface area contributed by atoms with Crippen LogP contribution in [0, 0.1) is 0 Å². The second-order valence-corrected chi connectivity index (χ2v) is 5.59. The van der Waals surface area contributed by atoms with E-state index < -0.39 is 0 Å². The number of piperidine rings is 1. The molecule has 0 atom stereocenters. The number of nitrogens with zero attached hydrogens (tertiary/aromatic N) is 2. The number of hydrogen-bond donors (Lipinski definition) is 1. The third kappa shape index (κ3) is 2.71. The maximum Gasteiger partial charge on any atom is 0.235 e. The highest BCUT2D eigenvalue weighted by atomic mass is 16.5. The van der Waals surface area contributed by atoms with Crippen LogP contribution in [0.4, 0.5) is 0 Å². The van der Waals surface area contributed by atoms with Crippen LogP contribution in [-0.4, -0.2) is 44.1 Å². The van der Waals surface area contributed by atoms with Crippen molar-refractivity contribution in [1.82, 2.24) is 15.5 Å². The first-order valence-corrected chi connectivity index (χ1v) is 7.46. The average molecular weight is 303 g/mol. The fraction of sp³-hybridized carbons (Fsp3) is 0.500. The number of aromatic nitrogens is 2. The van der Waals surface area contributed by atoms with Gasteiger partial charge in [0.1, 0.15) is 5.75 Å². The molecule has 3 rings (SSSR count). The monoisotopic (exact) mass is 303 g/mol. The van der Waals surface area contributed by atoms with Gasteiger partial charge >= 0.3 is 0 Å². The molecule has 0 amide bonds. The Morgan fingerprint density at radius 2 is 2.00 bits per heavy atom. The SMILES string of the molecule is COCC1(c2nc(-c3ccccc3OC)no2)CCNCC1. The summed E-state index contributed by atoms with van der Waals surface area (Å²) in [5.74, 6) is 1.94. The topological polar surface area (TPSA) is 69.4 Å². The summed E-state index contributed by atoms with van der Waals surface area (Å²) in [7, 11) is 3.35. The largest absolute Gasteiger partial charge is 0.496 e. The highest BCUT2D eigenvalue weighted by Gasteiger charge is 2.39. The maximum atomic E-state index is 5.59. The first-order chi connectivity index (χ1) is 10.8. The molecule has 1 fully saturated rings. The first kappa shape index (κ1) is 15.0. The van der Waals surface area contributed by atoms with Crippen molar-refractivity contribution in [2.24, 2.45) is 0 Å². The zero-order valence-corrected chi connectivity index (χ0v) is 13.0. The van der Waals surface area contributed by atoms with E-state index in [-0.39, 0.29) is 5.41 Å². The van der Waals surface area contributed by atoms with Crippen LogP contribution in [0.3, 0.4) is 0 Å². The van der Waals surface area contributed by atoms with Gasteiger partial charge in [0.25, 0.3) is 0 Å². The summed E-state index contributed by atoms with van der Waals surface area (Å²) in [6.45, 7) is 2.44. The number of ether oxygens (including phenoxy) is 2. The quantitative estimate of drug-likeness (QED) is 0.911. The lowest BCUT2D eigenvalue weighted by molar-refractivity contribution is 0.0850. The van der Waals surface area contributed by atoms with Crippen molar-refractivity contribution < 1.29 is 14.0 Å². The molecular weight excluding hydrogens is 282 g/mol. The zero-order valence-electron chi connectivity index (χ0n) is 13.0. The molecule has 22 heavy (non-hydrogen) atoms. The van der Waals surface area contributed by atoms with Gasteiger partial charge in [0.05, 0.1) is 24.7 Å². The Hall–Kier alpha value is -1.92. The summed E-state index contributed by atoms with van der Waals surface area (Å²) in [6.07, 6.45) is 1.85. The molecule has 0 spiro atoms. The molecule has 1 aromatic carbocycles. The predicted octanol–water partition coefficient (Wildman–Crippen LogP) is 2.01. The lowest BCUT2D eigenvalue weighted by atomic mass is 9.79. The van der Waals surface area contributed by atoms with Crippen molar-refractivity contribution in [3.8, 4) is 17.1 Å². The second kappa shape index (κ2) is 6.46. The van der Waals surface area contributed by atoms with Crippen molar-refractivity contribution in [3.05, 3.63) is 30.2 Å². The molecule has 118 valence electrons. The molecule has 0 unspecified atom stereocenters. The fourth-order valence-corrected chi connectivity index (χ4v) is 2.98. The van der Waals surface area contributed by atoms with Gasteiger partial charge in [-0.05, 0) is 38.1 Å². The van der Waals surface area contributed by atoms with E-state index in [9.17, 15) is 0 Å². The molecule has 1 aromatic heterocycles. The summed E-state index contributed by atoms with van der Waals surface area (Å²) < 4.78 is 16.4. The van der Waals surface area contributed by atoms with Crippen molar-refractivity contribution in [3.63, 3.8) is 0 Å². The van der Waals surface area contributed by atoms with Crippen LogP contribution in [-0.2, 0) is 10.2 Å². The van der Waals surface area contributed by atoms with Crippen molar-refractivity contribution in [2.75, 3.05) is 33.9 Å². The molecule has 0 radical (unpaired) electrons. The van der Waals surface area contributed by atoms with Crippen LogP contribution in [0.1, 0.15) is 18.7 Å². The summed E-state index contributed by atoms with van der Waals surface area (Å²) in [5, 5.41) is 7.51. The average Bonchev–Trinajstić information content (AvgIpc) is 3.06. The Morgan fingerprint density at radius 1 is 1.23 bits per heavy atom. The molecule has 1 N–H and O–H groups in total. The highest BCUT2D eigenvalue weighted by Crippen LogP contribution is 2.35. The van der Waals surface area contributed by atoms with E-state index in [1.54, 1.807) is 14.2 Å². The summed E-state index contributed by atoms with van der Waals surface area (Å²) in [5.41, 5.74) is 0.634. The minimum Gasteiger partial charge on any atom is -0.496 e. The Bertz CT molecular complexity index is 615. The van der Waals surface area contributed by atoms with Crippen molar-refractivity contribution in [1.29, 1.82) is 0 Å². The van der Waals surface area contributed by atoms with E-state index in [1.807, 2.05) is 24.3 Å². The van der Waals surface area contributed by atoms with Gasteiger partial charge < -0.3 is 19.3 Å². The molecule has 2 heterocycles. The van der Waals surface area contributed by atoms with E-state index in [0.29, 0.717) is 18.3 Å². The Morgan fingerprint density at radius 3 is 2.73 bits per heavy atom. The molecule has 1 aliphatic rings. The van der Waals surface area contributed by atoms with Crippen LogP contribution in [0.15, 0.2) is 28.8 Å². The number of hydrogen-bond acceptors (Lipinski definition) is 6. The van der Waals surface area contributed by atoms with Gasteiger partial charge in [-0.25, -0.2) is 0 Å². The second-order valence-electron chi connectivity index (χ2n) is 5.59. The molecule has 6 nitrogen and oxygen atoms in total. The molecule has 6 heteroatoms. The van der Waals surface area contributed by atoms with Crippen molar-refractivity contribution >= 4 is 0 Å². The van der Waals surface area contributed by atoms with Gasteiger partial charge in [-0.15, -0.1) is 0 Å². The molecular formula is C16H21N3O3. The fourth-order valence-electron chi connectivity index (χ4n) is 2.98. The molecule has 1 aliphatic heterocycles. The Balaban J connectivity index is 1.95. The van der Waals surface area contributed by atoms with Gasteiger partial charge in [-0.3, -0.25) is 0 Å². The molecule has 0 bridgehead atoms. The van der Waals surface area contributed by atoms with Gasteiger partial charge in [0.2, 0.25) is 11.7 Å². The normalized spacial score (nSPS) is 17.4. The van der Waals surface area contributed by atoms with Gasteiger partial charge in [-0.1, -0.05) is 17.3 Å². The van der Waals surface area contributed by atoms with Crippen molar-refractivity contribution in [2.45, 2.75) is 18.3 Å². The number of methoxy groups -OCH3 is 2. The highest BCUT2D eigenvalue weighted by molar-refractivity contribution is 5.63. The van der Waals surface area contributed by atoms with E-state index in [0.717, 1.165) is 37.2 Å². The standard InChI is InChI=1S/C16H21N3O3/c1-20-11-16(7-9-17-10-8-16)15-18-14(19-22-15)12-5-3-4-6-13(12)21-2/h3-6,17H,7-11H2,1-2H3. The van der Waals surface area contributed by atoms with Crippen LogP contribution in [0.2, 0.25) is 0 Å². The first-order valence-electron chi connectivity index (χ1n) is 7.46. The summed E-state index contributed by atoms with van der Waals surface area (Å²) in [6, 6.07) is 7.67. The van der Waals surface area contributed by atoms with Crippen LogP contribution < -0.4 is 10.1 Å². The lowest BCUT2D eigenvalue weighted by Gasteiger charge is -2.33. The summed E-state index contributed by atoms with van der Waals surface area (Å²) >= 11 is 0. The smallest absolute Gasteiger partial charge is 0.235 e. The van der Waals surface area contributed by atoms with E-state index in [1.165, 1.54) is 0 Å². The molecule has 0 saturated carbocycles.